The highest BCUT2D eigenvalue weighted by Gasteiger charge is 2.31. The van der Waals surface area contributed by atoms with Crippen LogP contribution < -0.4 is 0 Å². The summed E-state index contributed by atoms with van der Waals surface area (Å²) in [6.07, 6.45) is 0. The Bertz CT molecular complexity index is 2140. The van der Waals surface area contributed by atoms with E-state index < -0.39 is 0 Å². The molecule has 6 aromatic rings. The van der Waals surface area contributed by atoms with Gasteiger partial charge < -0.3 is 0 Å². The van der Waals surface area contributed by atoms with Gasteiger partial charge in [-0.15, -0.1) is 0 Å². The zero-order valence-corrected chi connectivity index (χ0v) is 31.1. The third kappa shape index (κ3) is 4.26. The monoisotopic (exact) mass is 872 g/mol. The van der Waals surface area contributed by atoms with Crippen LogP contribution in [0.5, 0.6) is 0 Å². The molecule has 0 aliphatic carbocycles. The van der Waals surface area contributed by atoms with Gasteiger partial charge in [0.1, 0.15) is 0 Å². The lowest BCUT2D eigenvalue weighted by Crippen LogP contribution is -1.95. The Hall–Kier alpha value is 1.26. The first-order valence-electron chi connectivity index (χ1n) is 10.8. The van der Waals surface area contributed by atoms with E-state index in [-0.39, 0.29) is 134 Å². The smallest absolute Gasteiger partial charge is 0.0800 e. The lowest BCUT2D eigenvalue weighted by atomic mass is 9.91. The van der Waals surface area contributed by atoms with Gasteiger partial charge in [0.2, 0.25) is 0 Å². The fraction of sp³-hybridized carbons (Fsp3) is 0. The maximum atomic E-state index is 7.01. The van der Waals surface area contributed by atoms with E-state index in [1.165, 1.54) is 0 Å². The molecule has 0 bridgehead atoms. The summed E-state index contributed by atoms with van der Waals surface area (Å²) in [5, 5.41) is 1.76. The summed E-state index contributed by atoms with van der Waals surface area (Å²) in [4.78, 5) is 0. The van der Waals surface area contributed by atoms with Crippen molar-refractivity contribution in [3.8, 4) is 0 Å². The molecule has 16 heteroatoms. The van der Waals surface area contributed by atoms with Crippen LogP contribution in [-0.4, -0.2) is 0 Å². The van der Waals surface area contributed by atoms with Gasteiger partial charge in [0.25, 0.3) is 0 Å². The van der Waals surface area contributed by atoms with E-state index in [4.69, 9.17) is 186 Å². The molecule has 42 heavy (non-hydrogen) atoms. The first-order chi connectivity index (χ1) is 19.6. The van der Waals surface area contributed by atoms with Gasteiger partial charge in [-0.25, -0.2) is 0 Å². The van der Waals surface area contributed by atoms with Crippen molar-refractivity contribution in [3.05, 3.63) is 80.4 Å². The minimum atomic E-state index is -0.0474. The SMILES string of the molecule is Clc1c(Cl)c(Cl)c2c(c1Cl)c(Cl)c(Cl)c1c2c(Cl)c(Cl)c2c3c(Cl)c(Cl)c4c(Cl)c(Cl)c(Cl)c(Cl)c4c3c(Cl)c(Cl)c12. The minimum Gasteiger partial charge on any atom is -0.0820 e. The number of benzene rings is 6. The van der Waals surface area contributed by atoms with Crippen molar-refractivity contribution in [1.29, 1.82) is 0 Å². The summed E-state index contributed by atoms with van der Waals surface area (Å²) in [7, 11) is 0. The molecule has 6 rings (SSSR count). The molecular formula is C26Cl16. The molecule has 0 N–H and O–H groups in total. The molecule has 0 unspecified atom stereocenters. The van der Waals surface area contributed by atoms with E-state index in [0.29, 0.717) is 0 Å². The summed E-state index contributed by atoms with van der Waals surface area (Å²) >= 11 is 107. The van der Waals surface area contributed by atoms with E-state index in [0.717, 1.165) is 0 Å². The van der Waals surface area contributed by atoms with Crippen LogP contribution in [0.3, 0.4) is 0 Å². The van der Waals surface area contributed by atoms with Gasteiger partial charge in [0.05, 0.1) is 80.4 Å². The molecule has 0 saturated heterocycles. The summed E-state index contributed by atoms with van der Waals surface area (Å²) in [5.41, 5.74) is 0. The highest BCUT2D eigenvalue weighted by atomic mass is 35.5. The quantitative estimate of drug-likeness (QED) is 0.0810. The lowest BCUT2D eigenvalue weighted by Gasteiger charge is -2.22. The van der Waals surface area contributed by atoms with Gasteiger partial charge in [0, 0.05) is 53.9 Å². The Balaban J connectivity index is 2.07. The predicted octanol–water partition coefficient (Wildman–Crippen LogP) is 17.9. The number of rotatable bonds is 0. The van der Waals surface area contributed by atoms with Gasteiger partial charge in [-0.1, -0.05) is 186 Å². The molecule has 0 radical (unpaired) electrons. The van der Waals surface area contributed by atoms with Crippen LogP contribution in [0.2, 0.25) is 80.4 Å². The number of fused-ring (bicyclic) bond motifs is 9. The number of hydrogen-bond donors (Lipinski definition) is 0. The second-order valence-electron chi connectivity index (χ2n) is 8.77. The third-order valence-electron chi connectivity index (χ3n) is 6.81. The number of halogens is 16. The van der Waals surface area contributed by atoms with Crippen LogP contribution in [0, 0.1) is 0 Å². The van der Waals surface area contributed by atoms with Gasteiger partial charge >= 0.3 is 0 Å². The van der Waals surface area contributed by atoms with Crippen molar-refractivity contribution in [3.63, 3.8) is 0 Å². The molecular weight excluding hydrogens is 880 g/mol. The van der Waals surface area contributed by atoms with Crippen LogP contribution >= 0.6 is 186 Å². The molecule has 0 spiro atoms. The van der Waals surface area contributed by atoms with E-state index in [2.05, 4.69) is 0 Å². The maximum absolute atomic E-state index is 7.01. The molecule has 0 heterocycles. The van der Waals surface area contributed by atoms with Crippen molar-refractivity contribution < 1.29 is 0 Å². The molecule has 216 valence electrons. The van der Waals surface area contributed by atoms with Crippen LogP contribution in [0.25, 0.3) is 53.9 Å². The van der Waals surface area contributed by atoms with Gasteiger partial charge in [-0.3, -0.25) is 0 Å². The van der Waals surface area contributed by atoms with Crippen molar-refractivity contribution in [2.45, 2.75) is 0 Å². The predicted molar refractivity (Wildman–Crippen MR) is 194 cm³/mol. The van der Waals surface area contributed by atoms with Gasteiger partial charge in [0.15, 0.2) is 0 Å². The summed E-state index contributed by atoms with van der Waals surface area (Å²) in [6.45, 7) is 0. The summed E-state index contributed by atoms with van der Waals surface area (Å²) in [6, 6.07) is 0. The molecule has 0 atom stereocenters. The number of hydrogen-bond acceptors (Lipinski definition) is 0. The van der Waals surface area contributed by atoms with Crippen molar-refractivity contribution in [1.82, 2.24) is 0 Å². The molecule has 0 saturated carbocycles. The van der Waals surface area contributed by atoms with Crippen molar-refractivity contribution in [2.24, 2.45) is 0 Å². The second kappa shape index (κ2) is 11.5. The highest BCUT2D eigenvalue weighted by molar-refractivity contribution is 6.67. The minimum absolute atomic E-state index is 0.00634. The molecule has 6 aromatic carbocycles. The Labute approximate surface area is 316 Å². The summed E-state index contributed by atoms with van der Waals surface area (Å²) in [5.74, 6) is 0. The Kier molecular flexibility index (Phi) is 9.04. The fourth-order valence-electron chi connectivity index (χ4n) is 5.09. The third-order valence-corrected chi connectivity index (χ3v) is 13.8. The summed E-state index contributed by atoms with van der Waals surface area (Å²) < 4.78 is 0. The molecule has 0 aromatic heterocycles. The van der Waals surface area contributed by atoms with E-state index in [1.54, 1.807) is 0 Å². The lowest BCUT2D eigenvalue weighted by molar-refractivity contribution is 1.76. The molecule has 0 fully saturated rings. The largest absolute Gasteiger partial charge is 0.0820 e. The highest BCUT2D eigenvalue weighted by Crippen LogP contribution is 2.60. The average molecular weight is 880 g/mol. The molecule has 0 aliphatic rings. The maximum Gasteiger partial charge on any atom is 0.0800 e. The Morgan fingerprint density at radius 2 is 0.214 bits per heavy atom. The fourth-order valence-corrected chi connectivity index (χ4v) is 9.54. The second-order valence-corrected chi connectivity index (χ2v) is 14.8. The van der Waals surface area contributed by atoms with Crippen molar-refractivity contribution in [2.75, 3.05) is 0 Å². The van der Waals surface area contributed by atoms with E-state index in [9.17, 15) is 0 Å². The molecule has 0 aliphatic heterocycles. The topological polar surface area (TPSA) is 0 Å². The average Bonchev–Trinajstić information content (AvgIpc) is 2.96. The van der Waals surface area contributed by atoms with Gasteiger partial charge in [-0.2, -0.15) is 0 Å². The van der Waals surface area contributed by atoms with Crippen LogP contribution in [0.1, 0.15) is 0 Å². The standard InChI is InChI=1S/C26Cl16/c27-11-1-2(4-6(13(11)29)8-10(20(36)16(4)32)22(38)26(42)24(40)18(8)34)12(28)14(30)5-3(1)15(31)19(35)9-7(5)17(33)23(39)25(41)21(9)37. The Morgan fingerprint density at radius 1 is 0.119 bits per heavy atom. The van der Waals surface area contributed by atoms with E-state index in [1.807, 2.05) is 0 Å². The first kappa shape index (κ1) is 33.2. The van der Waals surface area contributed by atoms with Crippen LogP contribution in [-0.2, 0) is 0 Å². The normalized spacial score (nSPS) is 12.3. The van der Waals surface area contributed by atoms with Crippen LogP contribution in [0.4, 0.5) is 0 Å². The van der Waals surface area contributed by atoms with E-state index >= 15 is 0 Å². The van der Waals surface area contributed by atoms with Crippen LogP contribution in [0.15, 0.2) is 0 Å². The Morgan fingerprint density at radius 3 is 0.405 bits per heavy atom. The zero-order chi connectivity index (χ0) is 31.0. The molecule has 0 nitrogen and oxygen atoms in total. The first-order valence-corrected chi connectivity index (χ1v) is 16.8. The van der Waals surface area contributed by atoms with Gasteiger partial charge in [-0.05, 0) is 0 Å². The molecule has 0 amide bonds. The zero-order valence-electron chi connectivity index (χ0n) is 19.0. The van der Waals surface area contributed by atoms with Crippen molar-refractivity contribution >= 4 is 239 Å².